The van der Waals surface area contributed by atoms with Crippen LogP contribution in [0.5, 0.6) is 0 Å². The van der Waals surface area contributed by atoms with Crippen LogP contribution in [0, 0.1) is 5.92 Å². The Balaban J connectivity index is 2.04. The summed E-state index contributed by atoms with van der Waals surface area (Å²) in [6.45, 7) is 8.66. The number of rotatable bonds is 5. The van der Waals surface area contributed by atoms with Gasteiger partial charge in [0.25, 0.3) is 0 Å². The Morgan fingerprint density at radius 3 is 2.24 bits per heavy atom. The third-order valence-electron chi connectivity index (χ3n) is 3.96. The summed E-state index contributed by atoms with van der Waals surface area (Å²) < 4.78 is 0. The summed E-state index contributed by atoms with van der Waals surface area (Å²) >= 11 is 0. The van der Waals surface area contributed by atoms with E-state index in [-0.39, 0.29) is 0 Å². The van der Waals surface area contributed by atoms with Crippen LogP contribution in [0.25, 0.3) is 0 Å². The van der Waals surface area contributed by atoms with Crippen LogP contribution in [-0.2, 0) is 0 Å². The maximum Gasteiger partial charge on any atom is 0.0366 e. The Hall–Kier alpha value is -1.02. The number of hydrogen-bond donors (Lipinski definition) is 1. The Labute approximate surface area is 105 Å². The van der Waals surface area contributed by atoms with E-state index < -0.39 is 0 Å². The minimum absolute atomic E-state index is 0.336. The van der Waals surface area contributed by atoms with Crippen molar-refractivity contribution < 1.29 is 0 Å². The van der Waals surface area contributed by atoms with E-state index >= 15 is 0 Å². The highest BCUT2D eigenvalue weighted by atomic mass is 15.1. The molecule has 1 fully saturated rings. The third-order valence-corrected chi connectivity index (χ3v) is 3.96. The lowest BCUT2D eigenvalue weighted by atomic mass is 10.1. The van der Waals surface area contributed by atoms with Crippen molar-refractivity contribution in [3.05, 3.63) is 29.8 Å². The molecule has 0 heterocycles. The molecule has 0 amide bonds. The van der Waals surface area contributed by atoms with E-state index in [1.165, 1.54) is 17.7 Å². The van der Waals surface area contributed by atoms with Crippen LogP contribution in [-0.4, -0.2) is 19.1 Å². The predicted molar refractivity (Wildman–Crippen MR) is 74.5 cm³/mol. The highest BCUT2D eigenvalue weighted by Crippen LogP contribution is 2.49. The van der Waals surface area contributed by atoms with E-state index in [4.69, 9.17) is 5.73 Å². The second-order valence-electron chi connectivity index (χ2n) is 5.13. The van der Waals surface area contributed by atoms with Crippen LogP contribution in [0.1, 0.15) is 38.7 Å². The minimum Gasteiger partial charge on any atom is -0.372 e. The molecule has 1 aromatic rings. The lowest BCUT2D eigenvalue weighted by Crippen LogP contribution is -2.21. The molecule has 0 bridgehead atoms. The van der Waals surface area contributed by atoms with Gasteiger partial charge in [-0.25, -0.2) is 0 Å². The van der Waals surface area contributed by atoms with Crippen molar-refractivity contribution in [2.75, 3.05) is 18.0 Å². The summed E-state index contributed by atoms with van der Waals surface area (Å²) in [4.78, 5) is 2.37. The van der Waals surface area contributed by atoms with Crippen LogP contribution in [0.2, 0.25) is 0 Å². The van der Waals surface area contributed by atoms with E-state index in [2.05, 4.69) is 49.9 Å². The summed E-state index contributed by atoms with van der Waals surface area (Å²) in [5.74, 6) is 1.41. The zero-order valence-electron chi connectivity index (χ0n) is 11.2. The molecule has 3 unspecified atom stereocenters. The van der Waals surface area contributed by atoms with Gasteiger partial charge in [0, 0.05) is 24.8 Å². The SMILES string of the molecule is CCN(CC)c1ccc(C2CC2C(C)N)cc1. The fourth-order valence-corrected chi connectivity index (χ4v) is 2.70. The van der Waals surface area contributed by atoms with Crippen molar-refractivity contribution >= 4 is 5.69 Å². The predicted octanol–water partition coefficient (Wildman–Crippen LogP) is 2.98. The molecular formula is C15H24N2. The summed E-state index contributed by atoms with van der Waals surface area (Å²) in [5.41, 5.74) is 8.73. The Bertz CT molecular complexity index is 352. The van der Waals surface area contributed by atoms with E-state index in [1.54, 1.807) is 0 Å². The van der Waals surface area contributed by atoms with Crippen molar-refractivity contribution in [3.63, 3.8) is 0 Å². The molecule has 17 heavy (non-hydrogen) atoms. The monoisotopic (exact) mass is 232 g/mol. The van der Waals surface area contributed by atoms with E-state index in [9.17, 15) is 0 Å². The average Bonchev–Trinajstić information content (AvgIpc) is 3.12. The van der Waals surface area contributed by atoms with E-state index in [0.717, 1.165) is 13.1 Å². The van der Waals surface area contributed by atoms with Gasteiger partial charge in [0.05, 0.1) is 0 Å². The molecule has 1 aliphatic rings. The van der Waals surface area contributed by atoms with E-state index in [1.807, 2.05) is 0 Å². The lowest BCUT2D eigenvalue weighted by molar-refractivity contribution is 0.631. The van der Waals surface area contributed by atoms with Crippen molar-refractivity contribution in [2.24, 2.45) is 11.7 Å². The van der Waals surface area contributed by atoms with Gasteiger partial charge in [-0.15, -0.1) is 0 Å². The minimum atomic E-state index is 0.336. The average molecular weight is 232 g/mol. The Kier molecular flexibility index (Phi) is 3.72. The Morgan fingerprint density at radius 2 is 1.82 bits per heavy atom. The summed E-state index contributed by atoms with van der Waals surface area (Å²) in [6, 6.07) is 9.39. The smallest absolute Gasteiger partial charge is 0.0366 e. The van der Waals surface area contributed by atoms with Gasteiger partial charge in [-0.1, -0.05) is 12.1 Å². The zero-order chi connectivity index (χ0) is 12.4. The van der Waals surface area contributed by atoms with Crippen LogP contribution in [0.15, 0.2) is 24.3 Å². The van der Waals surface area contributed by atoms with Crippen LogP contribution in [0.3, 0.4) is 0 Å². The molecule has 0 aromatic heterocycles. The molecule has 3 atom stereocenters. The molecule has 94 valence electrons. The topological polar surface area (TPSA) is 29.3 Å². The second kappa shape index (κ2) is 5.09. The molecular weight excluding hydrogens is 208 g/mol. The molecule has 1 saturated carbocycles. The standard InChI is InChI=1S/C15H24N2/c1-4-17(5-2)13-8-6-12(7-9-13)15-10-14(15)11(3)16/h6-9,11,14-15H,4-5,10,16H2,1-3H3. The van der Waals surface area contributed by atoms with Crippen LogP contribution < -0.4 is 10.6 Å². The molecule has 2 heteroatoms. The summed E-state index contributed by atoms with van der Waals surface area (Å²) in [7, 11) is 0. The maximum absolute atomic E-state index is 5.94. The van der Waals surface area contributed by atoms with Gasteiger partial charge in [-0.05, 0) is 56.7 Å². The first-order valence-corrected chi connectivity index (χ1v) is 6.77. The molecule has 0 spiro atoms. The molecule has 2 nitrogen and oxygen atoms in total. The summed E-state index contributed by atoms with van der Waals surface area (Å²) in [6.07, 6.45) is 1.27. The quantitative estimate of drug-likeness (QED) is 0.845. The van der Waals surface area contributed by atoms with E-state index in [0.29, 0.717) is 17.9 Å². The lowest BCUT2D eigenvalue weighted by Gasteiger charge is -2.21. The third kappa shape index (κ3) is 2.63. The molecule has 2 N–H and O–H groups in total. The highest BCUT2D eigenvalue weighted by Gasteiger charge is 2.40. The number of benzene rings is 1. The first-order valence-electron chi connectivity index (χ1n) is 6.77. The van der Waals surface area contributed by atoms with Crippen LogP contribution in [0.4, 0.5) is 5.69 Å². The molecule has 2 rings (SSSR count). The number of anilines is 1. The number of nitrogens with zero attached hydrogens (tertiary/aromatic N) is 1. The number of nitrogens with two attached hydrogens (primary N) is 1. The number of hydrogen-bond acceptors (Lipinski definition) is 2. The fraction of sp³-hybridized carbons (Fsp3) is 0.600. The largest absolute Gasteiger partial charge is 0.372 e. The van der Waals surface area contributed by atoms with Gasteiger partial charge in [-0.2, -0.15) is 0 Å². The zero-order valence-corrected chi connectivity index (χ0v) is 11.2. The molecule has 0 saturated heterocycles. The molecule has 0 aliphatic heterocycles. The summed E-state index contributed by atoms with van der Waals surface area (Å²) in [5, 5.41) is 0. The van der Waals surface area contributed by atoms with Gasteiger partial charge >= 0.3 is 0 Å². The van der Waals surface area contributed by atoms with Crippen LogP contribution >= 0.6 is 0 Å². The van der Waals surface area contributed by atoms with Gasteiger partial charge in [0.15, 0.2) is 0 Å². The Morgan fingerprint density at radius 1 is 1.24 bits per heavy atom. The van der Waals surface area contributed by atoms with Gasteiger partial charge in [0.2, 0.25) is 0 Å². The second-order valence-corrected chi connectivity index (χ2v) is 5.13. The first-order chi connectivity index (χ1) is 8.17. The highest BCUT2D eigenvalue weighted by molar-refractivity contribution is 5.48. The molecule has 1 aromatic carbocycles. The van der Waals surface area contributed by atoms with Gasteiger partial charge in [0.1, 0.15) is 0 Å². The molecule has 0 radical (unpaired) electrons. The van der Waals surface area contributed by atoms with Crippen molar-refractivity contribution in [1.82, 2.24) is 0 Å². The van der Waals surface area contributed by atoms with Crippen molar-refractivity contribution in [1.29, 1.82) is 0 Å². The van der Waals surface area contributed by atoms with Crippen molar-refractivity contribution in [3.8, 4) is 0 Å². The maximum atomic E-state index is 5.94. The first kappa shape index (κ1) is 12.4. The normalized spacial score (nSPS) is 24.5. The van der Waals surface area contributed by atoms with Gasteiger partial charge < -0.3 is 10.6 Å². The van der Waals surface area contributed by atoms with Gasteiger partial charge in [-0.3, -0.25) is 0 Å². The molecule has 1 aliphatic carbocycles. The fourth-order valence-electron chi connectivity index (χ4n) is 2.70. The van der Waals surface area contributed by atoms with Crippen molar-refractivity contribution in [2.45, 2.75) is 39.2 Å².